The molecule has 1 heterocycles. The molecule has 3 N–H and O–H groups in total. The minimum atomic E-state index is -0.742. The predicted molar refractivity (Wildman–Crippen MR) is 133 cm³/mol. The van der Waals surface area contributed by atoms with Crippen molar-refractivity contribution in [3.8, 4) is 28.4 Å². The summed E-state index contributed by atoms with van der Waals surface area (Å²) in [5.74, 6) is -1.77. The first-order valence-electron chi connectivity index (χ1n) is 10.5. The molecule has 178 valence electrons. The van der Waals surface area contributed by atoms with Crippen molar-refractivity contribution in [1.82, 2.24) is 9.99 Å². The van der Waals surface area contributed by atoms with Gasteiger partial charge in [0.25, 0.3) is 5.91 Å². The predicted octanol–water partition coefficient (Wildman–Crippen LogP) is 4.69. The van der Waals surface area contributed by atoms with Crippen LogP contribution in [0.15, 0.2) is 77.9 Å². The number of aromatic hydroxyl groups is 2. The number of benzene rings is 3. The van der Waals surface area contributed by atoms with Gasteiger partial charge in [0.2, 0.25) is 4.80 Å². The number of ether oxygens (including phenoxy) is 1. The van der Waals surface area contributed by atoms with E-state index in [0.29, 0.717) is 21.3 Å². The summed E-state index contributed by atoms with van der Waals surface area (Å²) in [7, 11) is 0. The molecule has 0 unspecified atom stereocenters. The van der Waals surface area contributed by atoms with Crippen LogP contribution in [-0.2, 0) is 4.74 Å². The van der Waals surface area contributed by atoms with Crippen molar-refractivity contribution in [3.63, 3.8) is 0 Å². The van der Waals surface area contributed by atoms with Crippen molar-refractivity contribution in [2.24, 2.45) is 5.10 Å². The van der Waals surface area contributed by atoms with Gasteiger partial charge in [-0.05, 0) is 49.4 Å². The van der Waals surface area contributed by atoms with Crippen LogP contribution < -0.4 is 10.2 Å². The van der Waals surface area contributed by atoms with E-state index >= 15 is 0 Å². The molecule has 1 amide bonds. The fourth-order valence-corrected chi connectivity index (χ4v) is 4.48. The molecule has 35 heavy (non-hydrogen) atoms. The Labute approximate surface area is 209 Å². The molecule has 4 aromatic rings. The van der Waals surface area contributed by atoms with Crippen molar-refractivity contribution in [1.29, 1.82) is 0 Å². The van der Waals surface area contributed by atoms with Crippen LogP contribution >= 0.6 is 22.9 Å². The lowest BCUT2D eigenvalue weighted by Gasteiger charge is -2.11. The number of nitrogens with zero attached hydrogens (tertiary/aromatic N) is 2. The summed E-state index contributed by atoms with van der Waals surface area (Å²) in [6.45, 7) is 1.90. The molecular formula is C25H20ClN3O5S. The minimum Gasteiger partial charge on any atom is -0.508 e. The zero-order chi connectivity index (χ0) is 24.9. The first-order valence-corrected chi connectivity index (χ1v) is 11.7. The number of esters is 1. The van der Waals surface area contributed by atoms with Gasteiger partial charge in [0.1, 0.15) is 16.4 Å². The third kappa shape index (κ3) is 5.21. The number of carbonyl (C=O) groups is 2. The number of phenolic OH excluding ortho intramolecular Hbond substituents is 2. The average molecular weight is 510 g/mol. The lowest BCUT2D eigenvalue weighted by Crippen LogP contribution is -2.24. The van der Waals surface area contributed by atoms with E-state index < -0.39 is 11.9 Å². The summed E-state index contributed by atoms with van der Waals surface area (Å²) < 4.78 is 7.00. The van der Waals surface area contributed by atoms with E-state index in [1.54, 1.807) is 35.8 Å². The molecule has 0 aliphatic heterocycles. The summed E-state index contributed by atoms with van der Waals surface area (Å²) in [6, 6.07) is 19.8. The molecular weight excluding hydrogens is 490 g/mol. The standard InChI is InChI=1S/C25H20ClN3O5S/c1-2-34-24(33)22-21(15-6-4-3-5-7-15)29(17-10-8-16(26)9-11-17)25(35-22)28-27-23(32)19-14-18(30)12-13-20(19)31/h3-14,30-31H,2H2,1H3,(H,27,32)/b28-25+. The first kappa shape index (κ1) is 24.1. The van der Waals surface area contributed by atoms with Gasteiger partial charge in [0.15, 0.2) is 0 Å². The van der Waals surface area contributed by atoms with Crippen molar-refractivity contribution >= 4 is 34.8 Å². The third-order valence-electron chi connectivity index (χ3n) is 4.89. The van der Waals surface area contributed by atoms with Gasteiger partial charge >= 0.3 is 5.97 Å². The van der Waals surface area contributed by atoms with E-state index in [0.717, 1.165) is 23.0 Å². The number of rotatable bonds is 6. The largest absolute Gasteiger partial charge is 0.508 e. The Bertz CT molecular complexity index is 1450. The lowest BCUT2D eigenvalue weighted by molar-refractivity contribution is 0.0532. The van der Waals surface area contributed by atoms with Crippen molar-refractivity contribution in [2.75, 3.05) is 6.61 Å². The number of halogens is 1. The van der Waals surface area contributed by atoms with E-state index in [4.69, 9.17) is 16.3 Å². The van der Waals surface area contributed by atoms with Crippen LogP contribution in [0.4, 0.5) is 0 Å². The molecule has 4 rings (SSSR count). The zero-order valence-corrected chi connectivity index (χ0v) is 20.0. The number of hydrogen-bond donors (Lipinski definition) is 3. The van der Waals surface area contributed by atoms with E-state index in [1.165, 1.54) is 12.1 Å². The molecule has 8 nitrogen and oxygen atoms in total. The summed E-state index contributed by atoms with van der Waals surface area (Å²) in [5.41, 5.74) is 4.15. The third-order valence-corrected chi connectivity index (χ3v) is 6.17. The maximum absolute atomic E-state index is 12.9. The molecule has 0 fully saturated rings. The number of hydrogen-bond acceptors (Lipinski definition) is 7. The number of thiazole rings is 1. The summed E-state index contributed by atoms with van der Waals surface area (Å²) in [5, 5.41) is 24.5. The molecule has 0 radical (unpaired) electrons. The molecule has 3 aromatic carbocycles. The van der Waals surface area contributed by atoms with E-state index in [1.807, 2.05) is 30.3 Å². The Morgan fingerprint density at radius 1 is 1.06 bits per heavy atom. The van der Waals surface area contributed by atoms with Crippen LogP contribution in [0.25, 0.3) is 16.9 Å². The van der Waals surface area contributed by atoms with Gasteiger partial charge in [-0.25, -0.2) is 10.2 Å². The Hall–Kier alpha value is -4.08. The Morgan fingerprint density at radius 2 is 1.77 bits per heavy atom. The Balaban J connectivity index is 1.92. The fraction of sp³-hybridized carbons (Fsp3) is 0.0800. The molecule has 10 heteroatoms. The smallest absolute Gasteiger partial charge is 0.350 e. The highest BCUT2D eigenvalue weighted by atomic mass is 35.5. The molecule has 0 aliphatic carbocycles. The zero-order valence-electron chi connectivity index (χ0n) is 18.4. The second-order valence-corrected chi connectivity index (χ2v) is 8.63. The van der Waals surface area contributed by atoms with E-state index in [9.17, 15) is 19.8 Å². The molecule has 0 aliphatic rings. The lowest BCUT2D eigenvalue weighted by atomic mass is 10.1. The SMILES string of the molecule is CCOC(=O)c1s/c(=N/NC(=O)c2cc(O)ccc2O)n(-c2ccc(Cl)cc2)c1-c1ccccc1. The molecule has 0 atom stereocenters. The van der Waals surface area contributed by atoms with Gasteiger partial charge < -0.3 is 14.9 Å². The topological polar surface area (TPSA) is 113 Å². The second-order valence-electron chi connectivity index (χ2n) is 7.21. The first-order chi connectivity index (χ1) is 16.9. The molecule has 1 aromatic heterocycles. The van der Waals surface area contributed by atoms with Crippen LogP contribution in [0.5, 0.6) is 11.5 Å². The monoisotopic (exact) mass is 509 g/mol. The van der Waals surface area contributed by atoms with Gasteiger partial charge in [-0.2, -0.15) is 0 Å². The van der Waals surface area contributed by atoms with E-state index in [-0.39, 0.29) is 28.5 Å². The average Bonchev–Trinajstić information content (AvgIpc) is 3.25. The second kappa shape index (κ2) is 10.5. The van der Waals surface area contributed by atoms with Crippen LogP contribution in [0.2, 0.25) is 5.02 Å². The van der Waals surface area contributed by atoms with Crippen LogP contribution in [0, 0.1) is 0 Å². The van der Waals surface area contributed by atoms with Gasteiger partial charge in [-0.1, -0.05) is 53.3 Å². The quantitative estimate of drug-likeness (QED) is 0.198. The number of carbonyl (C=O) groups excluding carboxylic acids is 2. The summed E-state index contributed by atoms with van der Waals surface area (Å²) in [6.07, 6.45) is 0. The number of amides is 1. The normalized spacial score (nSPS) is 11.3. The fourth-order valence-electron chi connectivity index (χ4n) is 3.34. The maximum atomic E-state index is 12.9. The summed E-state index contributed by atoms with van der Waals surface area (Å²) >= 11 is 7.12. The number of nitrogens with one attached hydrogen (secondary N) is 1. The molecule has 0 bridgehead atoms. The van der Waals surface area contributed by atoms with Crippen LogP contribution in [0.1, 0.15) is 27.0 Å². The highest BCUT2D eigenvalue weighted by Gasteiger charge is 2.23. The van der Waals surface area contributed by atoms with Crippen molar-refractivity contribution in [3.05, 3.63) is 93.1 Å². The molecule has 0 saturated carbocycles. The van der Waals surface area contributed by atoms with Crippen molar-refractivity contribution < 1.29 is 24.5 Å². The summed E-state index contributed by atoms with van der Waals surface area (Å²) in [4.78, 5) is 26.1. The minimum absolute atomic E-state index is 0.155. The number of phenols is 2. The highest BCUT2D eigenvalue weighted by Crippen LogP contribution is 2.30. The number of aromatic nitrogens is 1. The van der Waals surface area contributed by atoms with Crippen LogP contribution in [0.3, 0.4) is 0 Å². The Morgan fingerprint density at radius 3 is 2.46 bits per heavy atom. The van der Waals surface area contributed by atoms with Gasteiger partial charge in [0.05, 0.1) is 17.9 Å². The van der Waals surface area contributed by atoms with E-state index in [2.05, 4.69) is 10.5 Å². The molecule has 0 saturated heterocycles. The Kier molecular flexibility index (Phi) is 7.19. The van der Waals surface area contributed by atoms with Gasteiger partial charge in [-0.3, -0.25) is 9.36 Å². The maximum Gasteiger partial charge on any atom is 0.350 e. The van der Waals surface area contributed by atoms with Gasteiger partial charge in [-0.15, -0.1) is 5.10 Å². The van der Waals surface area contributed by atoms with Crippen molar-refractivity contribution in [2.45, 2.75) is 6.92 Å². The van der Waals surface area contributed by atoms with Gasteiger partial charge in [0, 0.05) is 16.3 Å². The van der Waals surface area contributed by atoms with Crippen LogP contribution in [-0.4, -0.2) is 33.3 Å². The molecule has 0 spiro atoms. The highest BCUT2D eigenvalue weighted by molar-refractivity contribution is 7.11.